The zero-order valence-corrected chi connectivity index (χ0v) is 14.5. The van der Waals surface area contributed by atoms with Gasteiger partial charge in [0.25, 0.3) is 0 Å². The molecule has 0 bridgehead atoms. The molecule has 0 radical (unpaired) electrons. The van der Waals surface area contributed by atoms with Crippen molar-refractivity contribution in [2.24, 2.45) is 0 Å². The van der Waals surface area contributed by atoms with Crippen LogP contribution in [-0.2, 0) is 11.8 Å². The van der Waals surface area contributed by atoms with Crippen LogP contribution in [0.5, 0.6) is 5.75 Å². The third kappa shape index (κ3) is 5.01. The van der Waals surface area contributed by atoms with Gasteiger partial charge in [0.15, 0.2) is 5.78 Å². The monoisotopic (exact) mass is 302 g/mol. The molecule has 0 unspecified atom stereocenters. The molecule has 2 nitrogen and oxygen atoms in total. The Bertz CT molecular complexity index is 521. The van der Waals surface area contributed by atoms with Crippen LogP contribution in [0.25, 0.3) is 0 Å². The number of ketones is 1. The molecule has 2 heteroatoms. The summed E-state index contributed by atoms with van der Waals surface area (Å²) in [4.78, 5) is 12.4. The lowest BCUT2D eigenvalue weighted by Gasteiger charge is -2.23. The second kappa shape index (κ2) is 8.17. The second-order valence-corrected chi connectivity index (χ2v) is 6.99. The van der Waals surface area contributed by atoms with E-state index in [0.29, 0.717) is 12.2 Å². The number of carbonyl (C=O) groups excluding carboxylic acids is 1. The number of phenolic OH excluding ortho intramolecular Hbond substituents is 1. The van der Waals surface area contributed by atoms with Gasteiger partial charge >= 0.3 is 0 Å². The number of rotatable bonds is 8. The van der Waals surface area contributed by atoms with Gasteiger partial charge in [0.05, 0.1) is 0 Å². The first-order valence-corrected chi connectivity index (χ1v) is 8.31. The van der Waals surface area contributed by atoms with Crippen LogP contribution in [-0.4, -0.2) is 10.9 Å². The number of phenols is 1. The molecule has 0 aliphatic carbocycles. The van der Waals surface area contributed by atoms with Crippen molar-refractivity contribution in [1.29, 1.82) is 0 Å². The molecule has 0 amide bonds. The molecule has 122 valence electrons. The van der Waals surface area contributed by atoms with Gasteiger partial charge in [-0.15, -0.1) is 6.58 Å². The Hall–Kier alpha value is -1.57. The first kappa shape index (κ1) is 18.5. The minimum absolute atomic E-state index is 0.157. The molecule has 0 aliphatic rings. The smallest absolute Gasteiger partial charge is 0.162 e. The normalized spacial score (nSPS) is 11.5. The summed E-state index contributed by atoms with van der Waals surface area (Å²) in [6.07, 6.45) is 6.98. The predicted molar refractivity (Wildman–Crippen MR) is 93.8 cm³/mol. The van der Waals surface area contributed by atoms with Crippen molar-refractivity contribution in [3.63, 3.8) is 0 Å². The minimum Gasteiger partial charge on any atom is -0.507 e. The Morgan fingerprint density at radius 1 is 1.27 bits per heavy atom. The lowest BCUT2D eigenvalue weighted by Crippen LogP contribution is -2.14. The number of aryl methyl sites for hydroxylation is 1. The second-order valence-electron chi connectivity index (χ2n) is 6.99. The highest BCUT2D eigenvalue weighted by Crippen LogP contribution is 2.35. The van der Waals surface area contributed by atoms with Crippen molar-refractivity contribution in [3.8, 4) is 5.75 Å². The van der Waals surface area contributed by atoms with Crippen molar-refractivity contribution < 1.29 is 9.90 Å². The summed E-state index contributed by atoms with van der Waals surface area (Å²) in [6.45, 7) is 12.0. The van der Waals surface area contributed by atoms with Crippen molar-refractivity contribution >= 4 is 5.78 Å². The highest BCUT2D eigenvalue weighted by molar-refractivity contribution is 5.96. The van der Waals surface area contributed by atoms with Crippen LogP contribution >= 0.6 is 0 Å². The molecule has 1 aromatic carbocycles. The van der Waals surface area contributed by atoms with Gasteiger partial charge in [-0.2, -0.15) is 0 Å². The third-order valence-corrected chi connectivity index (χ3v) is 3.93. The van der Waals surface area contributed by atoms with Crippen molar-refractivity contribution in [1.82, 2.24) is 0 Å². The van der Waals surface area contributed by atoms with E-state index in [4.69, 9.17) is 0 Å². The van der Waals surface area contributed by atoms with Gasteiger partial charge in [-0.25, -0.2) is 0 Å². The molecule has 0 aromatic heterocycles. The molecular weight excluding hydrogens is 272 g/mol. The molecular formula is C20H30O2. The fourth-order valence-corrected chi connectivity index (χ4v) is 2.54. The standard InChI is InChI=1S/C20H30O2/c1-6-8-10-12-18(21)16-13-15(11-9-7-2)19(22)17(14-16)20(3,4)5/h6,13-14,22H,1,7-12H2,2-5H3. The molecule has 0 heterocycles. The lowest BCUT2D eigenvalue weighted by atomic mass is 9.82. The molecule has 1 N–H and O–H groups in total. The van der Waals surface area contributed by atoms with Crippen LogP contribution in [0.4, 0.5) is 0 Å². The van der Waals surface area contributed by atoms with Gasteiger partial charge in [0.1, 0.15) is 5.75 Å². The first-order chi connectivity index (χ1) is 10.3. The number of hydrogen-bond acceptors (Lipinski definition) is 2. The zero-order chi connectivity index (χ0) is 16.8. The van der Waals surface area contributed by atoms with Crippen LogP contribution in [0.2, 0.25) is 0 Å². The van der Waals surface area contributed by atoms with E-state index in [9.17, 15) is 9.90 Å². The Kier molecular flexibility index (Phi) is 6.86. The van der Waals surface area contributed by atoms with Gasteiger partial charge in [-0.1, -0.05) is 40.2 Å². The number of unbranched alkanes of at least 4 members (excludes halogenated alkanes) is 2. The number of benzene rings is 1. The molecule has 0 fully saturated rings. The number of allylic oxidation sites excluding steroid dienone is 1. The van der Waals surface area contributed by atoms with Gasteiger partial charge in [-0.05, 0) is 48.8 Å². The molecule has 1 rings (SSSR count). The van der Waals surface area contributed by atoms with Gasteiger partial charge in [-0.3, -0.25) is 4.79 Å². The summed E-state index contributed by atoms with van der Waals surface area (Å²) in [6, 6.07) is 3.76. The fourth-order valence-electron chi connectivity index (χ4n) is 2.54. The fraction of sp³-hybridized carbons (Fsp3) is 0.550. The molecule has 0 spiro atoms. The predicted octanol–water partition coefficient (Wildman–Crippen LogP) is 5.57. The van der Waals surface area contributed by atoms with E-state index in [2.05, 4.69) is 34.3 Å². The first-order valence-electron chi connectivity index (χ1n) is 8.31. The van der Waals surface area contributed by atoms with E-state index < -0.39 is 0 Å². The minimum atomic E-state index is -0.178. The Labute approximate surface area is 135 Å². The van der Waals surface area contributed by atoms with Crippen LogP contribution < -0.4 is 0 Å². The Morgan fingerprint density at radius 2 is 1.95 bits per heavy atom. The van der Waals surface area contributed by atoms with E-state index in [1.54, 1.807) is 0 Å². The average molecular weight is 302 g/mol. The molecule has 0 aliphatic heterocycles. The van der Waals surface area contributed by atoms with Gasteiger partial charge in [0.2, 0.25) is 0 Å². The average Bonchev–Trinajstić information content (AvgIpc) is 2.45. The highest BCUT2D eigenvalue weighted by atomic mass is 16.3. The maximum absolute atomic E-state index is 12.4. The third-order valence-electron chi connectivity index (χ3n) is 3.93. The van der Waals surface area contributed by atoms with Crippen LogP contribution in [0.15, 0.2) is 24.8 Å². The maximum Gasteiger partial charge on any atom is 0.162 e. The molecule has 0 saturated carbocycles. The van der Waals surface area contributed by atoms with E-state index >= 15 is 0 Å². The van der Waals surface area contributed by atoms with Gasteiger partial charge in [0, 0.05) is 17.5 Å². The highest BCUT2D eigenvalue weighted by Gasteiger charge is 2.22. The number of aromatic hydroxyl groups is 1. The number of carbonyl (C=O) groups is 1. The Balaban J connectivity index is 3.16. The lowest BCUT2D eigenvalue weighted by molar-refractivity contribution is 0.0980. The van der Waals surface area contributed by atoms with Gasteiger partial charge < -0.3 is 5.11 Å². The molecule has 0 saturated heterocycles. The van der Waals surface area contributed by atoms with Crippen LogP contribution in [0.1, 0.15) is 81.3 Å². The number of Topliss-reactive ketones (excluding diaryl/α,β-unsaturated/α-hetero) is 1. The Morgan fingerprint density at radius 3 is 2.50 bits per heavy atom. The van der Waals surface area contributed by atoms with Crippen molar-refractivity contribution in [2.75, 3.05) is 0 Å². The van der Waals surface area contributed by atoms with Crippen LogP contribution in [0, 0.1) is 0 Å². The van der Waals surface area contributed by atoms with Crippen LogP contribution in [0.3, 0.4) is 0 Å². The van der Waals surface area contributed by atoms with E-state index in [0.717, 1.165) is 48.8 Å². The summed E-state index contributed by atoms with van der Waals surface area (Å²) in [5, 5.41) is 10.5. The van der Waals surface area contributed by atoms with E-state index in [1.165, 1.54) is 0 Å². The topological polar surface area (TPSA) is 37.3 Å². The summed E-state index contributed by atoms with van der Waals surface area (Å²) >= 11 is 0. The summed E-state index contributed by atoms with van der Waals surface area (Å²) < 4.78 is 0. The van der Waals surface area contributed by atoms with Crippen molar-refractivity contribution in [2.45, 2.75) is 71.6 Å². The van der Waals surface area contributed by atoms with Crippen molar-refractivity contribution in [3.05, 3.63) is 41.5 Å². The van der Waals surface area contributed by atoms with E-state index in [-0.39, 0.29) is 11.2 Å². The quantitative estimate of drug-likeness (QED) is 0.387. The molecule has 0 atom stereocenters. The summed E-state index contributed by atoms with van der Waals surface area (Å²) in [5.41, 5.74) is 2.33. The maximum atomic E-state index is 12.4. The number of hydrogen-bond donors (Lipinski definition) is 1. The summed E-state index contributed by atoms with van der Waals surface area (Å²) in [7, 11) is 0. The molecule has 22 heavy (non-hydrogen) atoms. The zero-order valence-electron chi connectivity index (χ0n) is 14.5. The largest absolute Gasteiger partial charge is 0.507 e. The van der Waals surface area contributed by atoms with E-state index in [1.807, 2.05) is 18.2 Å². The summed E-state index contributed by atoms with van der Waals surface area (Å²) in [5.74, 6) is 0.522. The molecule has 1 aromatic rings. The SMILES string of the molecule is C=CCCCC(=O)c1cc(CCCC)c(O)c(C(C)(C)C)c1.